The molecule has 1 fully saturated rings. The van der Waals surface area contributed by atoms with Crippen molar-refractivity contribution in [3.05, 3.63) is 58.7 Å². The lowest BCUT2D eigenvalue weighted by Crippen LogP contribution is -2.39. The summed E-state index contributed by atoms with van der Waals surface area (Å²) in [6.45, 7) is 8.39. The van der Waals surface area contributed by atoms with Crippen LogP contribution in [-0.2, 0) is 5.41 Å². The van der Waals surface area contributed by atoms with Crippen molar-refractivity contribution in [1.29, 1.82) is 0 Å². The largest absolute Gasteiger partial charge is 0.508 e. The molecule has 2 aromatic carbocycles. The smallest absolute Gasteiger partial charge is 0.118 e. The fourth-order valence-corrected chi connectivity index (χ4v) is 5.54. The Hall–Kier alpha value is -2.00. The summed E-state index contributed by atoms with van der Waals surface area (Å²) in [5, 5.41) is 30.7. The molecule has 29 heavy (non-hydrogen) atoms. The van der Waals surface area contributed by atoms with Gasteiger partial charge in [-0.15, -0.1) is 0 Å². The van der Waals surface area contributed by atoms with Crippen molar-refractivity contribution in [2.24, 2.45) is 5.41 Å². The van der Waals surface area contributed by atoms with Crippen LogP contribution < -0.4 is 0 Å². The molecule has 1 saturated carbocycles. The third kappa shape index (κ3) is 4.45. The average Bonchev–Trinajstić information content (AvgIpc) is 2.66. The molecule has 2 unspecified atom stereocenters. The Morgan fingerprint density at radius 3 is 2.00 bits per heavy atom. The number of aliphatic hydroxyl groups is 1. The standard InChI is InChI=1S/C26H36O3/c1-5-12-26(13-6-7-22(27)16-26)17-25(4,20-8-10-23(28)18(2)14-20)21-9-11-24(29)19(3)15-21/h8-11,14-15,22,27-29H,5-7,12-13,16-17H2,1-4H3. The highest BCUT2D eigenvalue weighted by Crippen LogP contribution is 2.51. The maximum atomic E-state index is 10.5. The fourth-order valence-electron chi connectivity index (χ4n) is 5.54. The number of hydrogen-bond acceptors (Lipinski definition) is 3. The Morgan fingerprint density at radius 2 is 1.55 bits per heavy atom. The maximum Gasteiger partial charge on any atom is 0.118 e. The highest BCUT2D eigenvalue weighted by molar-refractivity contribution is 5.47. The lowest BCUT2D eigenvalue weighted by Gasteiger charge is -2.46. The zero-order chi connectivity index (χ0) is 21.2. The van der Waals surface area contributed by atoms with Crippen molar-refractivity contribution in [3.63, 3.8) is 0 Å². The van der Waals surface area contributed by atoms with E-state index in [1.54, 1.807) is 12.1 Å². The highest BCUT2D eigenvalue weighted by atomic mass is 16.3. The lowest BCUT2D eigenvalue weighted by molar-refractivity contribution is 0.0251. The average molecular weight is 397 g/mol. The molecule has 1 aliphatic carbocycles. The SMILES string of the molecule is CCCC1(CC(C)(c2ccc(O)c(C)c2)c2ccc(O)c(C)c2)CCCC(O)C1. The van der Waals surface area contributed by atoms with Crippen molar-refractivity contribution in [2.45, 2.75) is 84.2 Å². The minimum atomic E-state index is -0.275. The van der Waals surface area contributed by atoms with Crippen LogP contribution in [0.4, 0.5) is 0 Å². The number of hydrogen-bond donors (Lipinski definition) is 3. The van der Waals surface area contributed by atoms with Crippen LogP contribution in [0.3, 0.4) is 0 Å². The van der Waals surface area contributed by atoms with Crippen LogP contribution >= 0.6 is 0 Å². The van der Waals surface area contributed by atoms with E-state index in [2.05, 4.69) is 26.0 Å². The fraction of sp³-hybridized carbons (Fsp3) is 0.538. The number of benzene rings is 2. The molecule has 0 radical (unpaired) electrons. The molecule has 0 spiro atoms. The van der Waals surface area contributed by atoms with Crippen LogP contribution in [0.5, 0.6) is 11.5 Å². The second-order valence-electron chi connectivity index (χ2n) is 9.51. The van der Waals surface area contributed by atoms with E-state index >= 15 is 0 Å². The van der Waals surface area contributed by atoms with Crippen molar-refractivity contribution in [1.82, 2.24) is 0 Å². The van der Waals surface area contributed by atoms with Crippen LogP contribution in [0.15, 0.2) is 36.4 Å². The summed E-state index contributed by atoms with van der Waals surface area (Å²) in [6, 6.07) is 11.8. The summed E-state index contributed by atoms with van der Waals surface area (Å²) < 4.78 is 0. The van der Waals surface area contributed by atoms with Crippen molar-refractivity contribution >= 4 is 0 Å². The first-order valence-electron chi connectivity index (χ1n) is 11.0. The summed E-state index contributed by atoms with van der Waals surface area (Å²) in [5.41, 5.74) is 3.92. The molecule has 0 aromatic heterocycles. The maximum absolute atomic E-state index is 10.5. The quantitative estimate of drug-likeness (QED) is 0.550. The summed E-state index contributed by atoms with van der Waals surface area (Å²) in [6.07, 6.45) is 6.90. The molecule has 1 aliphatic rings. The predicted molar refractivity (Wildman–Crippen MR) is 119 cm³/mol. The van der Waals surface area contributed by atoms with Gasteiger partial charge in [-0.3, -0.25) is 0 Å². The van der Waals surface area contributed by atoms with Crippen LogP contribution in [0.25, 0.3) is 0 Å². The molecule has 158 valence electrons. The highest BCUT2D eigenvalue weighted by Gasteiger charge is 2.43. The molecule has 3 N–H and O–H groups in total. The van der Waals surface area contributed by atoms with Crippen LogP contribution in [0.2, 0.25) is 0 Å². The summed E-state index contributed by atoms with van der Waals surface area (Å²) in [5.74, 6) is 0.628. The van der Waals surface area contributed by atoms with Gasteiger partial charge < -0.3 is 15.3 Å². The number of rotatable bonds is 6. The topological polar surface area (TPSA) is 60.7 Å². The second-order valence-corrected chi connectivity index (χ2v) is 9.51. The Labute approximate surface area is 175 Å². The van der Waals surface area contributed by atoms with Gasteiger partial charge in [0, 0.05) is 5.41 Å². The Balaban J connectivity index is 2.13. The first-order chi connectivity index (χ1) is 13.7. The number of phenolic OH excluding ortho intramolecular Hbond substituents is 2. The van der Waals surface area contributed by atoms with Gasteiger partial charge in [-0.25, -0.2) is 0 Å². The van der Waals surface area contributed by atoms with Gasteiger partial charge in [0.05, 0.1) is 6.10 Å². The number of aliphatic hydroxyl groups excluding tert-OH is 1. The summed E-state index contributed by atoms with van der Waals surface area (Å²) in [4.78, 5) is 0. The first kappa shape index (κ1) is 21.7. The van der Waals surface area contributed by atoms with Crippen molar-refractivity contribution in [3.8, 4) is 11.5 Å². The van der Waals surface area contributed by atoms with E-state index in [1.165, 1.54) is 11.1 Å². The van der Waals surface area contributed by atoms with Crippen LogP contribution in [-0.4, -0.2) is 21.4 Å². The van der Waals surface area contributed by atoms with Gasteiger partial charge in [-0.2, -0.15) is 0 Å². The van der Waals surface area contributed by atoms with E-state index in [1.807, 2.05) is 26.0 Å². The third-order valence-corrected chi connectivity index (χ3v) is 7.09. The van der Waals surface area contributed by atoms with Gasteiger partial charge in [-0.1, -0.05) is 51.0 Å². The van der Waals surface area contributed by atoms with Crippen molar-refractivity contribution in [2.75, 3.05) is 0 Å². The third-order valence-electron chi connectivity index (χ3n) is 7.09. The summed E-state index contributed by atoms with van der Waals surface area (Å²) >= 11 is 0. The zero-order valence-electron chi connectivity index (χ0n) is 18.3. The number of phenols is 2. The summed E-state index contributed by atoms with van der Waals surface area (Å²) in [7, 11) is 0. The molecule has 3 nitrogen and oxygen atoms in total. The minimum Gasteiger partial charge on any atom is -0.508 e. The molecular formula is C26H36O3. The lowest BCUT2D eigenvalue weighted by atomic mass is 9.59. The Kier molecular flexibility index (Phi) is 6.28. The molecular weight excluding hydrogens is 360 g/mol. The molecule has 0 bridgehead atoms. The van der Waals surface area contributed by atoms with E-state index in [0.29, 0.717) is 11.5 Å². The van der Waals surface area contributed by atoms with E-state index in [0.717, 1.165) is 56.1 Å². The number of aromatic hydroxyl groups is 2. The Bertz CT molecular complexity index is 802. The van der Waals surface area contributed by atoms with E-state index in [9.17, 15) is 15.3 Å². The molecule has 0 saturated heterocycles. The van der Waals surface area contributed by atoms with Gasteiger partial charge in [0.2, 0.25) is 0 Å². The number of aryl methyl sites for hydroxylation is 2. The van der Waals surface area contributed by atoms with Gasteiger partial charge >= 0.3 is 0 Å². The van der Waals surface area contributed by atoms with Gasteiger partial charge in [0.1, 0.15) is 11.5 Å². The van der Waals surface area contributed by atoms with Crippen molar-refractivity contribution < 1.29 is 15.3 Å². The molecule has 3 rings (SSSR count). The van der Waals surface area contributed by atoms with E-state index < -0.39 is 0 Å². The van der Waals surface area contributed by atoms with E-state index in [-0.39, 0.29) is 16.9 Å². The molecule has 2 aromatic rings. The van der Waals surface area contributed by atoms with Gasteiger partial charge in [-0.05, 0) is 85.8 Å². The van der Waals surface area contributed by atoms with Crippen LogP contribution in [0, 0.1) is 19.3 Å². The predicted octanol–water partition coefficient (Wildman–Crippen LogP) is 6.13. The van der Waals surface area contributed by atoms with Gasteiger partial charge in [0.25, 0.3) is 0 Å². The molecule has 0 amide bonds. The molecule has 0 aliphatic heterocycles. The normalized spacial score (nSPS) is 22.6. The van der Waals surface area contributed by atoms with Gasteiger partial charge in [0.15, 0.2) is 0 Å². The first-order valence-corrected chi connectivity index (χ1v) is 11.0. The zero-order valence-corrected chi connectivity index (χ0v) is 18.3. The second kappa shape index (κ2) is 8.39. The minimum absolute atomic E-state index is 0.0960. The van der Waals surface area contributed by atoms with Crippen LogP contribution in [0.1, 0.15) is 81.0 Å². The Morgan fingerprint density at radius 1 is 1.00 bits per heavy atom. The molecule has 0 heterocycles. The monoisotopic (exact) mass is 396 g/mol. The van der Waals surface area contributed by atoms with E-state index in [4.69, 9.17) is 0 Å². The molecule has 3 heteroatoms. The molecule has 2 atom stereocenters.